The molecular weight excluding hydrogens is 278 g/mol. The molecular formula is C14H20BrNO. The van der Waals surface area contributed by atoms with Gasteiger partial charge in [0.25, 0.3) is 0 Å². The first-order valence-electron chi connectivity index (χ1n) is 6.24. The zero-order valence-electron chi connectivity index (χ0n) is 10.5. The van der Waals surface area contributed by atoms with Crippen LogP contribution in [-0.4, -0.2) is 24.8 Å². The number of morpholine rings is 1. The minimum Gasteiger partial charge on any atom is -0.369 e. The Morgan fingerprint density at radius 1 is 1.41 bits per heavy atom. The Bertz CT molecular complexity index is 365. The van der Waals surface area contributed by atoms with Gasteiger partial charge in [0, 0.05) is 24.0 Å². The van der Waals surface area contributed by atoms with Crippen LogP contribution in [0.15, 0.2) is 28.7 Å². The van der Waals surface area contributed by atoms with Crippen LogP contribution in [0.1, 0.15) is 25.8 Å². The Hall–Kier alpha value is -0.380. The van der Waals surface area contributed by atoms with Crippen LogP contribution < -0.4 is 5.32 Å². The molecule has 1 aliphatic rings. The maximum atomic E-state index is 6.18. The summed E-state index contributed by atoms with van der Waals surface area (Å²) in [6.07, 6.45) is 2.39. The van der Waals surface area contributed by atoms with Crippen LogP contribution in [-0.2, 0) is 11.2 Å². The van der Waals surface area contributed by atoms with E-state index in [-0.39, 0.29) is 5.60 Å². The maximum Gasteiger partial charge on any atom is 0.0822 e. The molecule has 2 rings (SSSR count). The minimum atomic E-state index is -0.0766. The molecule has 1 aromatic carbocycles. The minimum absolute atomic E-state index is 0.0766. The van der Waals surface area contributed by atoms with Crippen molar-refractivity contribution in [2.24, 2.45) is 0 Å². The van der Waals surface area contributed by atoms with Crippen molar-refractivity contribution in [3.8, 4) is 0 Å². The number of benzene rings is 1. The fourth-order valence-corrected chi connectivity index (χ4v) is 2.61. The molecule has 1 aliphatic heterocycles. The Kier molecular flexibility index (Phi) is 4.23. The molecule has 17 heavy (non-hydrogen) atoms. The first-order chi connectivity index (χ1) is 8.11. The summed E-state index contributed by atoms with van der Waals surface area (Å²) >= 11 is 3.46. The van der Waals surface area contributed by atoms with Gasteiger partial charge in [-0.25, -0.2) is 0 Å². The van der Waals surface area contributed by atoms with E-state index in [0.29, 0.717) is 6.10 Å². The van der Waals surface area contributed by atoms with E-state index < -0.39 is 0 Å². The van der Waals surface area contributed by atoms with Crippen LogP contribution in [0.3, 0.4) is 0 Å². The van der Waals surface area contributed by atoms with Crippen molar-refractivity contribution in [3.63, 3.8) is 0 Å². The number of halogens is 1. The Labute approximate surface area is 112 Å². The third-order valence-electron chi connectivity index (χ3n) is 3.27. The summed E-state index contributed by atoms with van der Waals surface area (Å²) in [6, 6.07) is 8.50. The van der Waals surface area contributed by atoms with Crippen molar-refractivity contribution < 1.29 is 4.74 Å². The number of rotatable bonds is 3. The van der Waals surface area contributed by atoms with Crippen molar-refractivity contribution in [2.75, 3.05) is 13.1 Å². The third kappa shape index (κ3) is 3.54. The van der Waals surface area contributed by atoms with Crippen molar-refractivity contribution in [1.29, 1.82) is 0 Å². The van der Waals surface area contributed by atoms with E-state index in [4.69, 9.17) is 4.74 Å². The van der Waals surface area contributed by atoms with Crippen LogP contribution in [0, 0.1) is 0 Å². The molecule has 2 unspecified atom stereocenters. The lowest BCUT2D eigenvalue weighted by atomic mass is 9.94. The van der Waals surface area contributed by atoms with Gasteiger partial charge in [0.05, 0.1) is 11.7 Å². The van der Waals surface area contributed by atoms with Crippen molar-refractivity contribution in [1.82, 2.24) is 5.32 Å². The molecule has 94 valence electrons. The summed E-state index contributed by atoms with van der Waals surface area (Å²) in [5, 5.41) is 3.47. The summed E-state index contributed by atoms with van der Waals surface area (Å²) in [7, 11) is 0. The molecule has 3 heteroatoms. The molecule has 0 spiro atoms. The van der Waals surface area contributed by atoms with Gasteiger partial charge in [0.15, 0.2) is 0 Å². The molecule has 0 aliphatic carbocycles. The predicted molar refractivity (Wildman–Crippen MR) is 74.3 cm³/mol. The van der Waals surface area contributed by atoms with Crippen molar-refractivity contribution in [2.45, 2.75) is 38.4 Å². The Morgan fingerprint density at radius 2 is 2.12 bits per heavy atom. The molecule has 1 aromatic rings. The highest BCUT2D eigenvalue weighted by molar-refractivity contribution is 9.10. The normalized spacial score (nSPS) is 29.2. The summed E-state index contributed by atoms with van der Waals surface area (Å²) in [5.74, 6) is 0. The zero-order chi connectivity index (χ0) is 12.3. The van der Waals surface area contributed by atoms with Gasteiger partial charge in [0.2, 0.25) is 0 Å². The van der Waals surface area contributed by atoms with Crippen molar-refractivity contribution >= 4 is 15.9 Å². The predicted octanol–water partition coefficient (Wildman–Crippen LogP) is 3.15. The highest BCUT2D eigenvalue weighted by Crippen LogP contribution is 2.23. The average Bonchev–Trinajstić information content (AvgIpc) is 2.32. The first-order valence-corrected chi connectivity index (χ1v) is 7.03. The molecule has 0 amide bonds. The third-order valence-corrected chi connectivity index (χ3v) is 3.80. The fourth-order valence-electron chi connectivity index (χ4n) is 2.35. The number of hydrogen-bond acceptors (Lipinski definition) is 2. The molecule has 2 atom stereocenters. The van der Waals surface area contributed by atoms with Crippen LogP contribution >= 0.6 is 15.9 Å². The summed E-state index contributed by atoms with van der Waals surface area (Å²) in [6.45, 7) is 6.29. The molecule has 0 radical (unpaired) electrons. The average molecular weight is 298 g/mol. The van der Waals surface area contributed by atoms with E-state index in [2.05, 4.69) is 59.4 Å². The Balaban J connectivity index is 2.03. The molecule has 0 saturated carbocycles. The molecule has 1 saturated heterocycles. The monoisotopic (exact) mass is 297 g/mol. The van der Waals surface area contributed by atoms with E-state index in [1.807, 2.05) is 0 Å². The number of ether oxygens (including phenoxy) is 1. The second kappa shape index (κ2) is 5.51. The van der Waals surface area contributed by atoms with E-state index >= 15 is 0 Å². The van der Waals surface area contributed by atoms with Gasteiger partial charge in [-0.1, -0.05) is 35.0 Å². The second-order valence-corrected chi connectivity index (χ2v) is 5.95. The van der Waals surface area contributed by atoms with Gasteiger partial charge < -0.3 is 10.1 Å². The van der Waals surface area contributed by atoms with Gasteiger partial charge >= 0.3 is 0 Å². The zero-order valence-corrected chi connectivity index (χ0v) is 12.1. The lowest BCUT2D eigenvalue weighted by Gasteiger charge is -2.39. The lowest BCUT2D eigenvalue weighted by molar-refractivity contribution is -0.105. The van der Waals surface area contributed by atoms with Gasteiger partial charge in [-0.05, 0) is 31.0 Å². The van der Waals surface area contributed by atoms with E-state index in [0.717, 1.165) is 30.4 Å². The second-order valence-electron chi connectivity index (χ2n) is 5.03. The molecule has 0 bridgehead atoms. The van der Waals surface area contributed by atoms with Gasteiger partial charge in [-0.3, -0.25) is 0 Å². The smallest absolute Gasteiger partial charge is 0.0822 e. The van der Waals surface area contributed by atoms with E-state index in [1.165, 1.54) is 5.56 Å². The number of nitrogens with one attached hydrogen (secondary N) is 1. The quantitative estimate of drug-likeness (QED) is 0.925. The topological polar surface area (TPSA) is 21.3 Å². The molecule has 1 heterocycles. The maximum absolute atomic E-state index is 6.18. The largest absolute Gasteiger partial charge is 0.369 e. The van der Waals surface area contributed by atoms with Crippen molar-refractivity contribution in [3.05, 3.63) is 34.3 Å². The van der Waals surface area contributed by atoms with Gasteiger partial charge in [-0.2, -0.15) is 0 Å². The fraction of sp³-hybridized carbons (Fsp3) is 0.571. The van der Waals surface area contributed by atoms with E-state index in [9.17, 15) is 0 Å². The highest BCUT2D eigenvalue weighted by Gasteiger charge is 2.32. The Morgan fingerprint density at radius 3 is 2.76 bits per heavy atom. The van der Waals surface area contributed by atoms with E-state index in [1.54, 1.807) is 0 Å². The van der Waals surface area contributed by atoms with Crippen LogP contribution in [0.5, 0.6) is 0 Å². The van der Waals surface area contributed by atoms with Gasteiger partial charge in [-0.15, -0.1) is 0 Å². The summed E-state index contributed by atoms with van der Waals surface area (Å²) < 4.78 is 7.31. The molecule has 1 fully saturated rings. The van der Waals surface area contributed by atoms with Crippen LogP contribution in [0.4, 0.5) is 0 Å². The molecule has 1 N–H and O–H groups in total. The standard InChI is InChI=1S/C14H20BrNO/c1-3-13-9-16-10-14(2,17-13)8-11-4-6-12(15)7-5-11/h4-7,13,16H,3,8-10H2,1-2H3. The van der Waals surface area contributed by atoms with Crippen LogP contribution in [0.2, 0.25) is 0 Å². The SMILES string of the molecule is CCC1CNCC(C)(Cc2ccc(Br)cc2)O1. The van der Waals surface area contributed by atoms with Gasteiger partial charge in [0.1, 0.15) is 0 Å². The summed E-state index contributed by atoms with van der Waals surface area (Å²) in [5.41, 5.74) is 1.25. The molecule has 2 nitrogen and oxygen atoms in total. The summed E-state index contributed by atoms with van der Waals surface area (Å²) in [4.78, 5) is 0. The van der Waals surface area contributed by atoms with Crippen LogP contribution in [0.25, 0.3) is 0 Å². The highest BCUT2D eigenvalue weighted by atomic mass is 79.9. The lowest BCUT2D eigenvalue weighted by Crippen LogP contribution is -2.53. The number of hydrogen-bond donors (Lipinski definition) is 1. The first kappa shape index (κ1) is 13.1. The molecule has 0 aromatic heterocycles.